The summed E-state index contributed by atoms with van der Waals surface area (Å²) in [7, 11) is 1.54. The van der Waals surface area contributed by atoms with Crippen molar-refractivity contribution >= 4 is 11.8 Å². The highest BCUT2D eigenvalue weighted by Gasteiger charge is 2.18. The number of carbonyl (C=O) groups excluding carboxylic acids is 2. The molecule has 6 heteroatoms. The smallest absolute Gasteiger partial charge is 0.255 e. The number of hydrogen-bond donors (Lipinski definition) is 3. The molecule has 20 heavy (non-hydrogen) atoms. The molecule has 0 saturated carbocycles. The number of phenols is 1. The molecule has 2 amide bonds. The number of carbonyl (C=O) groups is 2. The van der Waals surface area contributed by atoms with Crippen molar-refractivity contribution < 1.29 is 19.4 Å². The standard InChI is InChI=1S/C14H20N2O4/c1-9-4-5-12(17)11(8-9)14(19)16-10(2)13(18)15-6-7-20-3/h4-5,8,10,17H,6-7H2,1-3H3,(H,15,18)(H,16,19). The van der Waals surface area contributed by atoms with Gasteiger partial charge < -0.3 is 20.5 Å². The Kier molecular flexibility index (Phi) is 5.99. The second-order valence-corrected chi connectivity index (χ2v) is 4.50. The molecule has 0 spiro atoms. The zero-order valence-corrected chi connectivity index (χ0v) is 11.9. The van der Waals surface area contributed by atoms with Gasteiger partial charge in [-0.25, -0.2) is 0 Å². The van der Waals surface area contributed by atoms with E-state index in [0.29, 0.717) is 13.2 Å². The molecule has 1 unspecified atom stereocenters. The fourth-order valence-corrected chi connectivity index (χ4v) is 1.60. The van der Waals surface area contributed by atoms with Gasteiger partial charge >= 0.3 is 0 Å². The lowest BCUT2D eigenvalue weighted by Crippen LogP contribution is -2.45. The van der Waals surface area contributed by atoms with E-state index in [4.69, 9.17) is 4.74 Å². The van der Waals surface area contributed by atoms with Crippen LogP contribution in [0.1, 0.15) is 22.8 Å². The van der Waals surface area contributed by atoms with Crippen molar-refractivity contribution in [2.75, 3.05) is 20.3 Å². The fourth-order valence-electron chi connectivity index (χ4n) is 1.60. The average Bonchev–Trinajstić information content (AvgIpc) is 2.41. The molecule has 1 aromatic carbocycles. The summed E-state index contributed by atoms with van der Waals surface area (Å²) >= 11 is 0. The third kappa shape index (κ3) is 4.55. The number of aryl methyl sites for hydroxylation is 1. The van der Waals surface area contributed by atoms with Crippen LogP contribution in [0.5, 0.6) is 5.75 Å². The van der Waals surface area contributed by atoms with E-state index < -0.39 is 11.9 Å². The molecule has 0 heterocycles. The van der Waals surface area contributed by atoms with E-state index in [-0.39, 0.29) is 17.2 Å². The number of aromatic hydroxyl groups is 1. The highest BCUT2D eigenvalue weighted by Crippen LogP contribution is 2.17. The first-order valence-electron chi connectivity index (χ1n) is 6.33. The van der Waals surface area contributed by atoms with Gasteiger partial charge in [-0.2, -0.15) is 0 Å². The number of phenolic OH excluding ortho intramolecular Hbond substituents is 1. The molecule has 0 saturated heterocycles. The molecule has 0 aliphatic carbocycles. The van der Waals surface area contributed by atoms with Crippen molar-refractivity contribution in [1.82, 2.24) is 10.6 Å². The van der Waals surface area contributed by atoms with Gasteiger partial charge in [0.05, 0.1) is 12.2 Å². The molecule has 0 aliphatic rings. The van der Waals surface area contributed by atoms with Crippen molar-refractivity contribution in [3.05, 3.63) is 29.3 Å². The lowest BCUT2D eigenvalue weighted by Gasteiger charge is -2.14. The SMILES string of the molecule is COCCNC(=O)C(C)NC(=O)c1cc(C)ccc1O. The van der Waals surface area contributed by atoms with Crippen molar-refractivity contribution in [1.29, 1.82) is 0 Å². The van der Waals surface area contributed by atoms with Gasteiger partial charge in [0.15, 0.2) is 0 Å². The van der Waals surface area contributed by atoms with Crippen LogP contribution >= 0.6 is 0 Å². The summed E-state index contributed by atoms with van der Waals surface area (Å²) in [5.74, 6) is -0.900. The van der Waals surface area contributed by atoms with Crippen LogP contribution in [-0.4, -0.2) is 43.2 Å². The maximum atomic E-state index is 12.0. The zero-order chi connectivity index (χ0) is 15.1. The summed E-state index contributed by atoms with van der Waals surface area (Å²) in [6.45, 7) is 4.18. The third-order valence-corrected chi connectivity index (χ3v) is 2.74. The second kappa shape index (κ2) is 7.49. The van der Waals surface area contributed by atoms with Gasteiger partial charge in [-0.05, 0) is 26.0 Å². The number of amides is 2. The van der Waals surface area contributed by atoms with Crippen LogP contribution in [0.3, 0.4) is 0 Å². The molecule has 3 N–H and O–H groups in total. The van der Waals surface area contributed by atoms with Crippen molar-refractivity contribution in [2.45, 2.75) is 19.9 Å². The van der Waals surface area contributed by atoms with Crippen LogP contribution in [0.25, 0.3) is 0 Å². The molecule has 0 bridgehead atoms. The monoisotopic (exact) mass is 280 g/mol. The van der Waals surface area contributed by atoms with Crippen molar-refractivity contribution in [3.63, 3.8) is 0 Å². The normalized spacial score (nSPS) is 11.8. The molecule has 6 nitrogen and oxygen atoms in total. The first kappa shape index (κ1) is 16.0. The molecular formula is C14H20N2O4. The number of methoxy groups -OCH3 is 1. The molecule has 0 fully saturated rings. The van der Waals surface area contributed by atoms with Gasteiger partial charge in [-0.15, -0.1) is 0 Å². The molecule has 0 radical (unpaired) electrons. The van der Waals surface area contributed by atoms with Gasteiger partial charge in [-0.3, -0.25) is 9.59 Å². The van der Waals surface area contributed by atoms with Gasteiger partial charge in [-0.1, -0.05) is 11.6 Å². The highest BCUT2D eigenvalue weighted by molar-refractivity contribution is 5.99. The molecule has 110 valence electrons. The molecular weight excluding hydrogens is 260 g/mol. The predicted octanol–water partition coefficient (Wildman–Crippen LogP) is 0.582. The van der Waals surface area contributed by atoms with E-state index in [0.717, 1.165) is 5.56 Å². The summed E-state index contributed by atoms with van der Waals surface area (Å²) in [5.41, 5.74) is 1.01. The van der Waals surface area contributed by atoms with E-state index in [1.54, 1.807) is 19.1 Å². The largest absolute Gasteiger partial charge is 0.507 e. The first-order chi connectivity index (χ1) is 9.45. The number of rotatable bonds is 6. The van der Waals surface area contributed by atoms with Crippen molar-refractivity contribution in [2.24, 2.45) is 0 Å². The van der Waals surface area contributed by atoms with Crippen LogP contribution in [-0.2, 0) is 9.53 Å². The molecule has 1 rings (SSSR count). The number of nitrogens with one attached hydrogen (secondary N) is 2. The number of hydrogen-bond acceptors (Lipinski definition) is 4. The minimum Gasteiger partial charge on any atom is -0.507 e. The van der Waals surface area contributed by atoms with E-state index in [9.17, 15) is 14.7 Å². The van der Waals surface area contributed by atoms with E-state index >= 15 is 0 Å². The van der Waals surface area contributed by atoms with Gasteiger partial charge in [0.25, 0.3) is 5.91 Å². The Morgan fingerprint density at radius 2 is 2.10 bits per heavy atom. The maximum Gasteiger partial charge on any atom is 0.255 e. The lowest BCUT2D eigenvalue weighted by molar-refractivity contribution is -0.122. The third-order valence-electron chi connectivity index (χ3n) is 2.74. The second-order valence-electron chi connectivity index (χ2n) is 4.50. The van der Waals surface area contributed by atoms with Crippen molar-refractivity contribution in [3.8, 4) is 5.75 Å². The van der Waals surface area contributed by atoms with Crippen LogP contribution in [0.15, 0.2) is 18.2 Å². The van der Waals surface area contributed by atoms with E-state index in [1.807, 2.05) is 6.92 Å². The van der Waals surface area contributed by atoms with Crippen LogP contribution < -0.4 is 10.6 Å². The minimum atomic E-state index is -0.695. The average molecular weight is 280 g/mol. The summed E-state index contributed by atoms with van der Waals surface area (Å²) in [4.78, 5) is 23.7. The number of ether oxygens (including phenoxy) is 1. The summed E-state index contributed by atoms with van der Waals surface area (Å²) in [6, 6.07) is 4.03. The fraction of sp³-hybridized carbons (Fsp3) is 0.429. The zero-order valence-electron chi connectivity index (χ0n) is 11.9. The minimum absolute atomic E-state index is 0.111. The first-order valence-corrected chi connectivity index (χ1v) is 6.33. The van der Waals surface area contributed by atoms with Gasteiger partial charge in [0, 0.05) is 13.7 Å². The lowest BCUT2D eigenvalue weighted by atomic mass is 10.1. The predicted molar refractivity (Wildman–Crippen MR) is 74.7 cm³/mol. The van der Waals surface area contributed by atoms with E-state index in [1.165, 1.54) is 13.2 Å². The Morgan fingerprint density at radius 3 is 2.75 bits per heavy atom. The van der Waals surface area contributed by atoms with E-state index in [2.05, 4.69) is 10.6 Å². The Balaban J connectivity index is 2.61. The summed E-state index contributed by atoms with van der Waals surface area (Å²) in [6.07, 6.45) is 0. The quantitative estimate of drug-likeness (QED) is 0.665. The molecule has 1 aromatic rings. The van der Waals surface area contributed by atoms with Crippen LogP contribution in [0.4, 0.5) is 0 Å². The van der Waals surface area contributed by atoms with Gasteiger partial charge in [0.2, 0.25) is 5.91 Å². The molecule has 0 aliphatic heterocycles. The molecule has 0 aromatic heterocycles. The summed E-state index contributed by atoms with van der Waals surface area (Å²) < 4.78 is 4.82. The van der Waals surface area contributed by atoms with Gasteiger partial charge in [0.1, 0.15) is 11.8 Å². The summed E-state index contributed by atoms with van der Waals surface area (Å²) in [5, 5.41) is 14.8. The topological polar surface area (TPSA) is 87.7 Å². The highest BCUT2D eigenvalue weighted by atomic mass is 16.5. The maximum absolute atomic E-state index is 12.0. The number of benzene rings is 1. The Hall–Kier alpha value is -2.08. The Bertz CT molecular complexity index is 488. The van der Waals surface area contributed by atoms with Crippen LogP contribution in [0.2, 0.25) is 0 Å². The molecule has 1 atom stereocenters. The Morgan fingerprint density at radius 1 is 1.40 bits per heavy atom. The van der Waals surface area contributed by atoms with Crippen LogP contribution in [0, 0.1) is 6.92 Å². The Labute approximate surface area is 118 Å².